The van der Waals surface area contributed by atoms with Crippen LogP contribution in [0.2, 0.25) is 5.02 Å². The Hall–Kier alpha value is -1.17. The van der Waals surface area contributed by atoms with Gasteiger partial charge in [-0.3, -0.25) is 9.78 Å². The van der Waals surface area contributed by atoms with Gasteiger partial charge in [-0.05, 0) is 87.1 Å². The van der Waals surface area contributed by atoms with Crippen LogP contribution in [0.3, 0.4) is 0 Å². The first-order valence-electron chi connectivity index (χ1n) is 10.8. The average molecular weight is 406 g/mol. The van der Waals surface area contributed by atoms with Crippen molar-refractivity contribution in [2.75, 3.05) is 26.2 Å². The van der Waals surface area contributed by atoms with E-state index in [9.17, 15) is 4.79 Å². The normalized spacial score (nSPS) is 30.6. The number of aryl methyl sites for hydroxylation is 1. The minimum absolute atomic E-state index is 0.0669. The molecule has 4 aliphatic rings. The van der Waals surface area contributed by atoms with E-state index in [-0.39, 0.29) is 12.5 Å². The van der Waals surface area contributed by atoms with Gasteiger partial charge in [0.05, 0.1) is 22.9 Å². The lowest BCUT2D eigenvalue weighted by atomic mass is 9.49. The first-order valence-corrected chi connectivity index (χ1v) is 11.2. The fourth-order valence-electron chi connectivity index (χ4n) is 6.29. The molecule has 1 aromatic rings. The van der Waals surface area contributed by atoms with Crippen LogP contribution in [0.1, 0.15) is 61.0 Å². The third kappa shape index (κ3) is 4.37. The van der Waals surface area contributed by atoms with Crippen LogP contribution >= 0.6 is 11.6 Å². The summed E-state index contributed by atoms with van der Waals surface area (Å²) in [7, 11) is 0. The summed E-state index contributed by atoms with van der Waals surface area (Å²) in [5.41, 5.74) is 1.64. The van der Waals surface area contributed by atoms with Gasteiger partial charge in [-0.2, -0.15) is 0 Å². The number of amides is 1. The van der Waals surface area contributed by atoms with Crippen molar-refractivity contribution in [1.29, 1.82) is 0 Å². The minimum Gasteiger partial charge on any atom is -0.395 e. The van der Waals surface area contributed by atoms with Gasteiger partial charge < -0.3 is 15.7 Å². The third-order valence-corrected chi connectivity index (χ3v) is 7.47. The lowest BCUT2D eigenvalue weighted by Gasteiger charge is -2.56. The number of carbonyl (C=O) groups is 1. The number of nitrogens with zero attached hydrogens (tertiary/aromatic N) is 1. The molecule has 4 bridgehead atoms. The molecule has 5 nitrogen and oxygen atoms in total. The molecule has 0 spiro atoms. The maximum atomic E-state index is 12.9. The number of aliphatic hydroxyl groups excluding tert-OH is 1. The van der Waals surface area contributed by atoms with Crippen molar-refractivity contribution in [3.8, 4) is 0 Å². The summed E-state index contributed by atoms with van der Waals surface area (Å²) in [5.74, 6) is 2.60. The van der Waals surface area contributed by atoms with E-state index >= 15 is 0 Å². The first-order chi connectivity index (χ1) is 13.6. The zero-order valence-corrected chi connectivity index (χ0v) is 17.3. The van der Waals surface area contributed by atoms with Crippen LogP contribution in [-0.2, 0) is 6.42 Å². The van der Waals surface area contributed by atoms with Crippen LogP contribution < -0.4 is 10.6 Å². The van der Waals surface area contributed by atoms with Crippen LogP contribution in [0.25, 0.3) is 0 Å². The molecule has 0 atom stereocenters. The van der Waals surface area contributed by atoms with Crippen molar-refractivity contribution < 1.29 is 9.90 Å². The van der Waals surface area contributed by atoms with Crippen LogP contribution in [0, 0.1) is 23.2 Å². The number of aromatic nitrogens is 1. The molecule has 0 saturated heterocycles. The molecule has 0 aromatic carbocycles. The number of halogens is 1. The maximum absolute atomic E-state index is 12.9. The SMILES string of the molecule is O=C(NCC12CC3CC(CC(C3)C1)C2)c1ccnc(CCCNCCO)c1Cl. The summed E-state index contributed by atoms with van der Waals surface area (Å²) in [5, 5.41) is 15.6. The number of rotatable bonds is 9. The summed E-state index contributed by atoms with van der Waals surface area (Å²) in [6.45, 7) is 2.31. The van der Waals surface area contributed by atoms with E-state index in [1.807, 2.05) is 0 Å². The highest BCUT2D eigenvalue weighted by Crippen LogP contribution is 2.59. The molecule has 1 heterocycles. The molecular weight excluding hydrogens is 374 g/mol. The number of nitrogens with one attached hydrogen (secondary N) is 2. The van der Waals surface area contributed by atoms with Crippen molar-refractivity contribution in [3.05, 3.63) is 28.5 Å². The Bertz CT molecular complexity index is 674. The van der Waals surface area contributed by atoms with Gasteiger partial charge >= 0.3 is 0 Å². The highest BCUT2D eigenvalue weighted by Gasteiger charge is 2.50. The summed E-state index contributed by atoms with van der Waals surface area (Å²) in [6, 6.07) is 1.73. The van der Waals surface area contributed by atoms with Gasteiger partial charge in [0.15, 0.2) is 0 Å². The highest BCUT2D eigenvalue weighted by atomic mass is 35.5. The van der Waals surface area contributed by atoms with Crippen molar-refractivity contribution >= 4 is 17.5 Å². The molecule has 5 rings (SSSR count). The monoisotopic (exact) mass is 405 g/mol. The highest BCUT2D eigenvalue weighted by molar-refractivity contribution is 6.34. The molecule has 1 aromatic heterocycles. The van der Waals surface area contributed by atoms with Crippen LogP contribution in [0.4, 0.5) is 0 Å². The van der Waals surface area contributed by atoms with E-state index in [1.165, 1.54) is 38.5 Å². The lowest BCUT2D eigenvalue weighted by molar-refractivity contribution is -0.0503. The van der Waals surface area contributed by atoms with Crippen molar-refractivity contribution in [3.63, 3.8) is 0 Å². The van der Waals surface area contributed by atoms with Gasteiger partial charge in [0.2, 0.25) is 0 Å². The van der Waals surface area contributed by atoms with Crippen LogP contribution in [0.5, 0.6) is 0 Å². The number of hydrogen-bond donors (Lipinski definition) is 3. The third-order valence-electron chi connectivity index (χ3n) is 7.05. The quantitative estimate of drug-likeness (QED) is 0.551. The Balaban J connectivity index is 1.34. The molecule has 4 saturated carbocycles. The van der Waals surface area contributed by atoms with Gasteiger partial charge in [-0.1, -0.05) is 11.6 Å². The molecule has 0 radical (unpaired) electrons. The molecule has 3 N–H and O–H groups in total. The summed E-state index contributed by atoms with van der Waals surface area (Å²) < 4.78 is 0. The standard InChI is InChI=1S/C22H32ClN3O2/c23-20-18(3-5-25-19(20)2-1-4-24-6-7-27)21(28)26-14-22-11-15-8-16(12-22)10-17(9-15)13-22/h3,5,15-17,24,27H,1-2,4,6-14H2,(H,26,28). The molecule has 0 aliphatic heterocycles. The number of pyridine rings is 1. The van der Waals surface area contributed by atoms with E-state index in [2.05, 4.69) is 15.6 Å². The summed E-state index contributed by atoms with van der Waals surface area (Å²) in [4.78, 5) is 17.2. The number of hydrogen-bond acceptors (Lipinski definition) is 4. The Morgan fingerprint density at radius 2 is 1.86 bits per heavy atom. The number of aliphatic hydroxyl groups is 1. The first kappa shape index (κ1) is 20.1. The largest absolute Gasteiger partial charge is 0.395 e. The Morgan fingerprint density at radius 3 is 2.50 bits per heavy atom. The van der Waals surface area contributed by atoms with Crippen molar-refractivity contribution in [1.82, 2.24) is 15.6 Å². The summed E-state index contributed by atoms with van der Waals surface area (Å²) in [6.07, 6.45) is 11.4. The zero-order valence-electron chi connectivity index (χ0n) is 16.6. The van der Waals surface area contributed by atoms with E-state index in [0.717, 1.165) is 43.0 Å². The van der Waals surface area contributed by atoms with Crippen LogP contribution in [0.15, 0.2) is 12.3 Å². The smallest absolute Gasteiger partial charge is 0.252 e. The summed E-state index contributed by atoms with van der Waals surface area (Å²) >= 11 is 6.51. The van der Waals surface area contributed by atoms with Gasteiger partial charge in [0.25, 0.3) is 5.91 Å². The minimum atomic E-state index is -0.0669. The second-order valence-electron chi connectivity index (χ2n) is 9.30. The molecule has 0 unspecified atom stereocenters. The molecule has 154 valence electrons. The van der Waals surface area contributed by atoms with E-state index in [4.69, 9.17) is 16.7 Å². The zero-order chi connectivity index (χ0) is 19.6. The fraction of sp³-hybridized carbons (Fsp3) is 0.727. The predicted octanol–water partition coefficient (Wildman–Crippen LogP) is 3.20. The topological polar surface area (TPSA) is 74.2 Å². The fourth-order valence-corrected chi connectivity index (χ4v) is 6.58. The molecular formula is C22H32ClN3O2. The molecule has 4 fully saturated rings. The molecule has 6 heteroatoms. The van der Waals surface area contributed by atoms with Gasteiger partial charge in [-0.15, -0.1) is 0 Å². The molecule has 28 heavy (non-hydrogen) atoms. The second-order valence-corrected chi connectivity index (χ2v) is 9.67. The lowest BCUT2D eigenvalue weighted by Crippen LogP contribution is -2.51. The van der Waals surface area contributed by atoms with E-state index in [1.54, 1.807) is 12.3 Å². The van der Waals surface area contributed by atoms with Crippen LogP contribution in [-0.4, -0.2) is 42.2 Å². The number of carbonyl (C=O) groups excluding carboxylic acids is 1. The average Bonchev–Trinajstić information content (AvgIpc) is 2.66. The maximum Gasteiger partial charge on any atom is 0.252 e. The van der Waals surface area contributed by atoms with Gasteiger partial charge in [0.1, 0.15) is 0 Å². The van der Waals surface area contributed by atoms with E-state index < -0.39 is 0 Å². The Morgan fingerprint density at radius 1 is 1.18 bits per heavy atom. The van der Waals surface area contributed by atoms with E-state index in [0.29, 0.717) is 29.0 Å². The Kier molecular flexibility index (Phi) is 6.24. The Labute approximate surface area is 172 Å². The van der Waals surface area contributed by atoms with Crippen molar-refractivity contribution in [2.24, 2.45) is 23.2 Å². The second kappa shape index (κ2) is 8.68. The van der Waals surface area contributed by atoms with Gasteiger partial charge in [0, 0.05) is 19.3 Å². The van der Waals surface area contributed by atoms with Crippen molar-refractivity contribution in [2.45, 2.75) is 51.4 Å². The predicted molar refractivity (Wildman–Crippen MR) is 110 cm³/mol. The molecule has 4 aliphatic carbocycles. The van der Waals surface area contributed by atoms with Gasteiger partial charge in [-0.25, -0.2) is 0 Å². The molecule has 1 amide bonds.